The van der Waals surface area contributed by atoms with Crippen LogP contribution in [0.4, 0.5) is 26.7 Å². The summed E-state index contributed by atoms with van der Waals surface area (Å²) < 4.78 is 10.8. The second-order valence-corrected chi connectivity index (χ2v) is 7.67. The highest BCUT2D eigenvalue weighted by molar-refractivity contribution is 5.89. The van der Waals surface area contributed by atoms with E-state index in [0.717, 1.165) is 10.5 Å². The monoisotopic (exact) mass is 431 g/mol. The molecule has 0 aliphatic rings. The van der Waals surface area contributed by atoms with E-state index in [1.54, 1.807) is 32.9 Å². The first kappa shape index (κ1) is 23.5. The van der Waals surface area contributed by atoms with Crippen molar-refractivity contribution in [2.75, 3.05) is 23.9 Å². The Balaban J connectivity index is 1.96. The van der Waals surface area contributed by atoms with Crippen molar-refractivity contribution in [3.63, 3.8) is 0 Å². The Hall–Kier alpha value is -3.82. The molecule has 31 heavy (non-hydrogen) atoms. The summed E-state index contributed by atoms with van der Waals surface area (Å²) in [5, 5.41) is 22.9. The van der Waals surface area contributed by atoms with Gasteiger partial charge in [-0.3, -0.25) is 20.3 Å². The summed E-state index contributed by atoms with van der Waals surface area (Å²) in [6, 6.07) is 11.1. The van der Waals surface area contributed by atoms with Crippen LogP contribution in [0, 0.1) is 10.1 Å². The summed E-state index contributed by atoms with van der Waals surface area (Å²) in [6.45, 7) is 5.61. The minimum atomic E-state index is -1.32. The van der Waals surface area contributed by atoms with Crippen molar-refractivity contribution >= 4 is 29.2 Å². The number of benzene rings is 2. The van der Waals surface area contributed by atoms with Crippen LogP contribution in [-0.2, 0) is 11.2 Å². The second-order valence-electron chi connectivity index (χ2n) is 7.67. The first-order valence-corrected chi connectivity index (χ1v) is 9.43. The van der Waals surface area contributed by atoms with E-state index in [0.29, 0.717) is 17.9 Å². The molecule has 2 rings (SSSR count). The Kier molecular flexibility index (Phi) is 7.41. The molecule has 0 spiro atoms. The van der Waals surface area contributed by atoms with Gasteiger partial charge in [0, 0.05) is 31.3 Å². The zero-order valence-electron chi connectivity index (χ0n) is 17.7. The molecule has 0 aromatic heterocycles. The summed E-state index contributed by atoms with van der Waals surface area (Å²) in [5.41, 5.74) is 0.548. The third-order valence-corrected chi connectivity index (χ3v) is 4.05. The number of hydrogen-bond donors (Lipinski definition) is 2. The Bertz CT molecular complexity index is 952. The maximum atomic E-state index is 11.8. The highest BCUT2D eigenvalue weighted by atomic mass is 16.6. The summed E-state index contributed by atoms with van der Waals surface area (Å²) in [5.74, 6) is 0.317. The number of rotatable bonds is 7. The lowest BCUT2D eigenvalue weighted by atomic mass is 10.1. The molecular weight excluding hydrogens is 406 g/mol. The Morgan fingerprint density at radius 3 is 2.35 bits per heavy atom. The van der Waals surface area contributed by atoms with E-state index >= 15 is 0 Å². The fourth-order valence-electron chi connectivity index (χ4n) is 2.58. The van der Waals surface area contributed by atoms with Gasteiger partial charge in [0.05, 0.1) is 11.5 Å². The van der Waals surface area contributed by atoms with Crippen molar-refractivity contribution in [2.24, 2.45) is 0 Å². The van der Waals surface area contributed by atoms with Gasteiger partial charge in [-0.25, -0.2) is 9.59 Å². The number of carboxylic acid groups (broad SMARTS) is 1. The minimum absolute atomic E-state index is 0.0763. The minimum Gasteiger partial charge on any atom is -0.493 e. The third kappa shape index (κ3) is 7.18. The summed E-state index contributed by atoms with van der Waals surface area (Å²) in [4.78, 5) is 34.2. The number of ether oxygens (including phenoxy) is 2. The highest BCUT2D eigenvalue weighted by Gasteiger charge is 2.22. The predicted molar refractivity (Wildman–Crippen MR) is 115 cm³/mol. The SMILES string of the molecule is CN(C(=O)O)c1cc(OCCc2ccc(NC(=O)OC(C)(C)C)cc2)ccc1[N+](=O)[O-]. The molecule has 0 saturated carbocycles. The molecule has 166 valence electrons. The number of nitro groups is 1. The second kappa shape index (κ2) is 9.79. The predicted octanol–water partition coefficient (Wildman–Crippen LogP) is 4.68. The fraction of sp³-hybridized carbons (Fsp3) is 0.333. The largest absolute Gasteiger partial charge is 0.493 e. The van der Waals surface area contributed by atoms with Gasteiger partial charge in [0.2, 0.25) is 0 Å². The zero-order valence-corrected chi connectivity index (χ0v) is 17.7. The molecule has 0 saturated heterocycles. The molecular formula is C21H25N3O7. The first-order valence-electron chi connectivity index (χ1n) is 9.43. The van der Waals surface area contributed by atoms with Crippen LogP contribution in [-0.4, -0.2) is 41.5 Å². The standard InChI is InChI=1S/C21H25N3O7/c1-21(2,3)31-19(25)22-15-7-5-14(6-8-15)11-12-30-16-9-10-17(24(28)29)18(13-16)23(4)20(26)27/h5-10,13H,11-12H2,1-4H3,(H,22,25)(H,26,27). The normalized spacial score (nSPS) is 10.8. The van der Waals surface area contributed by atoms with Gasteiger partial charge in [-0.05, 0) is 44.5 Å². The quantitative estimate of drug-likeness (QED) is 0.481. The van der Waals surface area contributed by atoms with E-state index in [2.05, 4.69) is 5.32 Å². The van der Waals surface area contributed by atoms with Gasteiger partial charge in [-0.1, -0.05) is 12.1 Å². The number of carbonyl (C=O) groups excluding carboxylic acids is 1. The summed E-state index contributed by atoms with van der Waals surface area (Å²) in [7, 11) is 1.22. The topological polar surface area (TPSA) is 131 Å². The summed E-state index contributed by atoms with van der Waals surface area (Å²) in [6.07, 6.45) is -1.32. The summed E-state index contributed by atoms with van der Waals surface area (Å²) >= 11 is 0. The molecule has 0 aliphatic carbocycles. The number of anilines is 2. The maximum absolute atomic E-state index is 11.8. The first-order chi connectivity index (χ1) is 14.5. The van der Waals surface area contributed by atoms with E-state index in [9.17, 15) is 19.7 Å². The van der Waals surface area contributed by atoms with E-state index in [1.807, 2.05) is 12.1 Å². The van der Waals surface area contributed by atoms with Gasteiger partial charge in [-0.15, -0.1) is 0 Å². The van der Waals surface area contributed by atoms with E-state index in [1.165, 1.54) is 25.2 Å². The Morgan fingerprint density at radius 2 is 1.81 bits per heavy atom. The van der Waals surface area contributed by atoms with E-state index in [-0.39, 0.29) is 18.0 Å². The molecule has 10 nitrogen and oxygen atoms in total. The molecule has 10 heteroatoms. The number of nitrogens with zero attached hydrogens (tertiary/aromatic N) is 2. The Morgan fingerprint density at radius 1 is 1.16 bits per heavy atom. The van der Waals surface area contributed by atoms with Gasteiger partial charge in [0.1, 0.15) is 17.0 Å². The van der Waals surface area contributed by atoms with E-state index in [4.69, 9.17) is 14.6 Å². The van der Waals surface area contributed by atoms with Crippen molar-refractivity contribution < 1.29 is 29.1 Å². The molecule has 0 bridgehead atoms. The van der Waals surface area contributed by atoms with Crippen molar-refractivity contribution in [2.45, 2.75) is 32.8 Å². The molecule has 0 aliphatic heterocycles. The molecule has 0 unspecified atom stereocenters. The lowest BCUT2D eigenvalue weighted by Gasteiger charge is -2.19. The number of amides is 2. The smallest absolute Gasteiger partial charge is 0.412 e. The van der Waals surface area contributed by atoms with Gasteiger partial charge in [0.15, 0.2) is 0 Å². The lowest BCUT2D eigenvalue weighted by molar-refractivity contribution is -0.384. The van der Waals surface area contributed by atoms with Crippen LogP contribution in [0.15, 0.2) is 42.5 Å². The van der Waals surface area contributed by atoms with Crippen LogP contribution in [0.25, 0.3) is 0 Å². The van der Waals surface area contributed by atoms with Crippen LogP contribution < -0.4 is 15.0 Å². The Labute approximate surface area is 179 Å². The lowest BCUT2D eigenvalue weighted by Crippen LogP contribution is -2.27. The molecule has 0 fully saturated rings. The van der Waals surface area contributed by atoms with Crippen LogP contribution in [0.5, 0.6) is 5.75 Å². The number of nitrogens with one attached hydrogen (secondary N) is 1. The van der Waals surface area contributed by atoms with Crippen molar-refractivity contribution in [1.29, 1.82) is 0 Å². The number of hydrogen-bond acceptors (Lipinski definition) is 6. The van der Waals surface area contributed by atoms with Crippen LogP contribution in [0.2, 0.25) is 0 Å². The number of carbonyl (C=O) groups is 2. The average Bonchev–Trinajstić information content (AvgIpc) is 2.67. The molecule has 2 aromatic carbocycles. The fourth-order valence-corrected chi connectivity index (χ4v) is 2.58. The third-order valence-electron chi connectivity index (χ3n) is 4.05. The molecule has 0 atom stereocenters. The van der Waals surface area contributed by atoms with E-state index < -0.39 is 22.7 Å². The molecule has 2 amide bonds. The maximum Gasteiger partial charge on any atom is 0.412 e. The van der Waals surface area contributed by atoms with Gasteiger partial charge in [-0.2, -0.15) is 0 Å². The van der Waals surface area contributed by atoms with Gasteiger partial charge >= 0.3 is 12.2 Å². The average molecular weight is 431 g/mol. The van der Waals surface area contributed by atoms with Crippen molar-refractivity contribution in [3.05, 3.63) is 58.1 Å². The zero-order chi connectivity index (χ0) is 23.2. The van der Waals surface area contributed by atoms with Crippen LogP contribution >= 0.6 is 0 Å². The van der Waals surface area contributed by atoms with Crippen LogP contribution in [0.1, 0.15) is 26.3 Å². The molecule has 0 radical (unpaired) electrons. The number of nitro benzene ring substituents is 1. The molecule has 2 N–H and O–H groups in total. The molecule has 2 aromatic rings. The van der Waals surface area contributed by atoms with Gasteiger partial charge in [0.25, 0.3) is 5.69 Å². The van der Waals surface area contributed by atoms with Crippen LogP contribution in [0.3, 0.4) is 0 Å². The van der Waals surface area contributed by atoms with Crippen molar-refractivity contribution in [1.82, 2.24) is 0 Å². The molecule has 0 heterocycles. The highest BCUT2D eigenvalue weighted by Crippen LogP contribution is 2.31. The van der Waals surface area contributed by atoms with Gasteiger partial charge < -0.3 is 14.6 Å². The van der Waals surface area contributed by atoms with Crippen molar-refractivity contribution in [3.8, 4) is 5.75 Å².